The summed E-state index contributed by atoms with van der Waals surface area (Å²) in [6.07, 6.45) is 0.558. The average molecular weight is 479 g/mol. The Hall–Kier alpha value is -3.18. The molecule has 0 atom stereocenters. The highest BCUT2D eigenvalue weighted by Gasteiger charge is 2.22. The molecule has 0 spiro atoms. The van der Waals surface area contributed by atoms with Gasteiger partial charge in [0.05, 0.1) is 11.5 Å². The Morgan fingerprint density at radius 2 is 1.70 bits per heavy atom. The predicted molar refractivity (Wildman–Crippen MR) is 126 cm³/mol. The van der Waals surface area contributed by atoms with Crippen LogP contribution in [-0.2, 0) is 26.1 Å². The zero-order valence-electron chi connectivity index (χ0n) is 19.2. The molecule has 11 heteroatoms. The highest BCUT2D eigenvalue weighted by molar-refractivity contribution is 7.89. The number of aromatic nitrogens is 1. The van der Waals surface area contributed by atoms with Crippen LogP contribution in [-0.4, -0.2) is 49.0 Å². The van der Waals surface area contributed by atoms with Gasteiger partial charge in [0.15, 0.2) is 0 Å². The molecule has 33 heavy (non-hydrogen) atoms. The van der Waals surface area contributed by atoms with Gasteiger partial charge in [-0.2, -0.15) is 4.31 Å². The van der Waals surface area contributed by atoms with Gasteiger partial charge in [-0.3, -0.25) is 14.9 Å². The van der Waals surface area contributed by atoms with E-state index in [-0.39, 0.29) is 37.1 Å². The van der Waals surface area contributed by atoms with Crippen molar-refractivity contribution in [1.29, 1.82) is 0 Å². The van der Waals surface area contributed by atoms with Gasteiger partial charge in [0, 0.05) is 36.7 Å². The molecule has 10 nitrogen and oxygen atoms in total. The summed E-state index contributed by atoms with van der Waals surface area (Å²) < 4.78 is 32.8. The quantitative estimate of drug-likeness (QED) is 0.541. The number of carbonyl (C=O) groups excluding carboxylic acids is 2. The molecule has 2 N–H and O–H groups in total. The van der Waals surface area contributed by atoms with Crippen molar-refractivity contribution in [3.05, 3.63) is 52.9 Å². The van der Waals surface area contributed by atoms with Gasteiger partial charge in [-0.05, 0) is 30.2 Å². The summed E-state index contributed by atoms with van der Waals surface area (Å²) in [6.45, 7) is 7.75. The van der Waals surface area contributed by atoms with Crippen molar-refractivity contribution in [1.82, 2.24) is 8.87 Å². The average Bonchev–Trinajstić information content (AvgIpc) is 2.74. The third-order valence-corrected chi connectivity index (χ3v) is 6.59. The fourth-order valence-electron chi connectivity index (χ4n) is 2.92. The normalized spacial score (nSPS) is 11.5. The molecule has 2 rings (SSSR count). The second-order valence-electron chi connectivity index (χ2n) is 7.67. The van der Waals surface area contributed by atoms with E-state index in [2.05, 4.69) is 10.6 Å². The number of benzene rings is 1. The predicted octanol–water partition coefficient (Wildman–Crippen LogP) is 2.72. The van der Waals surface area contributed by atoms with E-state index in [9.17, 15) is 22.8 Å². The lowest BCUT2D eigenvalue weighted by Crippen LogP contribution is -2.33. The maximum Gasteiger partial charge on any atom is 0.411 e. The number of amides is 2. The Morgan fingerprint density at radius 3 is 2.30 bits per heavy atom. The number of hydrogen-bond acceptors (Lipinski definition) is 6. The molecular weight excluding hydrogens is 448 g/mol. The molecule has 0 aliphatic rings. The van der Waals surface area contributed by atoms with E-state index in [0.29, 0.717) is 11.4 Å². The standard InChI is InChI=1S/C22H30N4O6S/c1-5-26(6-2)33(30,31)19-10-11-21(28)25(13-19)14-20(27)23-17-8-7-9-18(12-17)24-22(29)32-15-16(3)4/h7-13,16H,5-6,14-15H2,1-4H3,(H,23,27)(H,24,29). The lowest BCUT2D eigenvalue weighted by Gasteiger charge is -2.19. The SMILES string of the molecule is CCN(CC)S(=O)(=O)c1ccc(=O)n(CC(=O)Nc2cccc(NC(=O)OCC(C)C)c2)c1. The summed E-state index contributed by atoms with van der Waals surface area (Å²) in [6, 6.07) is 8.79. The molecule has 180 valence electrons. The second-order valence-corrected chi connectivity index (χ2v) is 9.60. The zero-order chi connectivity index (χ0) is 24.6. The van der Waals surface area contributed by atoms with Crippen molar-refractivity contribution in [2.45, 2.75) is 39.1 Å². The number of sulfonamides is 1. The third-order valence-electron chi connectivity index (χ3n) is 4.55. The molecule has 1 aromatic carbocycles. The summed E-state index contributed by atoms with van der Waals surface area (Å²) >= 11 is 0. The van der Waals surface area contributed by atoms with E-state index in [1.807, 2.05) is 13.8 Å². The molecule has 0 saturated carbocycles. The summed E-state index contributed by atoms with van der Waals surface area (Å²) in [5.41, 5.74) is 0.305. The Morgan fingerprint density at radius 1 is 1.06 bits per heavy atom. The zero-order valence-corrected chi connectivity index (χ0v) is 20.0. The van der Waals surface area contributed by atoms with Crippen molar-refractivity contribution in [2.75, 3.05) is 30.3 Å². The van der Waals surface area contributed by atoms with E-state index in [0.717, 1.165) is 16.8 Å². The first-order valence-corrected chi connectivity index (χ1v) is 12.0. The van der Waals surface area contributed by atoms with Gasteiger partial charge in [-0.15, -0.1) is 0 Å². The molecule has 0 saturated heterocycles. The number of nitrogens with zero attached hydrogens (tertiary/aromatic N) is 2. The molecule has 2 amide bonds. The molecule has 0 radical (unpaired) electrons. The van der Waals surface area contributed by atoms with Crippen LogP contribution in [0.5, 0.6) is 0 Å². The van der Waals surface area contributed by atoms with Crippen molar-refractivity contribution in [3.8, 4) is 0 Å². The minimum atomic E-state index is -3.77. The molecule has 1 aromatic heterocycles. The second kappa shape index (κ2) is 11.6. The lowest BCUT2D eigenvalue weighted by atomic mass is 10.2. The number of ether oxygens (including phenoxy) is 1. The number of anilines is 2. The maximum absolute atomic E-state index is 12.7. The molecule has 1 heterocycles. The van der Waals surface area contributed by atoms with Crippen LogP contribution in [0.1, 0.15) is 27.7 Å². The van der Waals surface area contributed by atoms with E-state index < -0.39 is 27.6 Å². The smallest absolute Gasteiger partial charge is 0.411 e. The monoisotopic (exact) mass is 478 g/mol. The first-order chi connectivity index (χ1) is 15.6. The largest absolute Gasteiger partial charge is 0.449 e. The maximum atomic E-state index is 12.7. The van der Waals surface area contributed by atoms with Crippen molar-refractivity contribution in [3.63, 3.8) is 0 Å². The van der Waals surface area contributed by atoms with Crippen molar-refractivity contribution < 1.29 is 22.7 Å². The molecule has 0 bridgehead atoms. The Balaban J connectivity index is 2.11. The minimum Gasteiger partial charge on any atom is -0.449 e. The lowest BCUT2D eigenvalue weighted by molar-refractivity contribution is -0.116. The third kappa shape index (κ3) is 7.43. The summed E-state index contributed by atoms with van der Waals surface area (Å²) in [7, 11) is -3.77. The van der Waals surface area contributed by atoms with E-state index in [1.54, 1.807) is 38.1 Å². The summed E-state index contributed by atoms with van der Waals surface area (Å²) in [5, 5.41) is 5.21. The molecule has 0 unspecified atom stereocenters. The molecule has 0 aliphatic carbocycles. The van der Waals surface area contributed by atoms with Crippen LogP contribution < -0.4 is 16.2 Å². The van der Waals surface area contributed by atoms with E-state index in [4.69, 9.17) is 4.74 Å². The summed E-state index contributed by atoms with van der Waals surface area (Å²) in [4.78, 5) is 36.5. The van der Waals surface area contributed by atoms with Crippen LogP contribution in [0.25, 0.3) is 0 Å². The number of carbonyl (C=O) groups is 2. The summed E-state index contributed by atoms with van der Waals surface area (Å²) in [5.74, 6) is -0.334. The first kappa shape index (κ1) is 26.1. The van der Waals surface area contributed by atoms with Gasteiger partial charge < -0.3 is 14.6 Å². The fraction of sp³-hybridized carbons (Fsp3) is 0.409. The number of hydrogen-bond donors (Lipinski definition) is 2. The van der Waals surface area contributed by atoms with Crippen LogP contribution in [0, 0.1) is 5.92 Å². The Labute approximate surface area is 193 Å². The molecule has 2 aromatic rings. The van der Waals surface area contributed by atoms with Gasteiger partial charge >= 0.3 is 6.09 Å². The van der Waals surface area contributed by atoms with Gasteiger partial charge in [-0.1, -0.05) is 33.8 Å². The van der Waals surface area contributed by atoms with Gasteiger partial charge in [-0.25, -0.2) is 13.2 Å². The molecule has 0 fully saturated rings. The van der Waals surface area contributed by atoms with Crippen LogP contribution in [0.4, 0.5) is 16.2 Å². The van der Waals surface area contributed by atoms with E-state index in [1.165, 1.54) is 10.4 Å². The fourth-order valence-corrected chi connectivity index (χ4v) is 4.40. The highest BCUT2D eigenvalue weighted by atomic mass is 32.2. The van der Waals surface area contributed by atoms with Crippen LogP contribution in [0.3, 0.4) is 0 Å². The van der Waals surface area contributed by atoms with Crippen molar-refractivity contribution in [2.24, 2.45) is 5.92 Å². The van der Waals surface area contributed by atoms with Crippen molar-refractivity contribution >= 4 is 33.4 Å². The van der Waals surface area contributed by atoms with E-state index >= 15 is 0 Å². The van der Waals surface area contributed by atoms with Gasteiger partial charge in [0.1, 0.15) is 6.54 Å². The molecule has 0 aliphatic heterocycles. The van der Waals surface area contributed by atoms with Crippen LogP contribution in [0.2, 0.25) is 0 Å². The van der Waals surface area contributed by atoms with Crippen LogP contribution in [0.15, 0.2) is 52.3 Å². The minimum absolute atomic E-state index is 0.0651. The number of rotatable bonds is 10. The van der Waals surface area contributed by atoms with Gasteiger partial charge in [0.25, 0.3) is 5.56 Å². The first-order valence-electron chi connectivity index (χ1n) is 10.6. The molecular formula is C22H30N4O6S. The number of nitrogens with one attached hydrogen (secondary N) is 2. The Kier molecular flexibility index (Phi) is 9.18. The van der Waals surface area contributed by atoms with Crippen LogP contribution >= 0.6 is 0 Å². The highest BCUT2D eigenvalue weighted by Crippen LogP contribution is 2.16. The Bertz CT molecular complexity index is 1140. The van der Waals surface area contributed by atoms with Gasteiger partial charge in [0.2, 0.25) is 15.9 Å². The topological polar surface area (TPSA) is 127 Å². The number of pyridine rings is 1.